The lowest BCUT2D eigenvalue weighted by Crippen LogP contribution is -2.09. The number of hydrogen-bond acceptors (Lipinski definition) is 2. The number of furan rings is 1. The molecule has 0 aliphatic heterocycles. The van der Waals surface area contributed by atoms with E-state index in [0.717, 1.165) is 50.5 Å². The first-order chi connectivity index (χ1) is 22.8. The van der Waals surface area contributed by atoms with Crippen LogP contribution in [0.4, 0.5) is 17.1 Å². The highest BCUT2D eigenvalue weighted by Gasteiger charge is 2.15. The Morgan fingerprint density at radius 3 is 1.78 bits per heavy atom. The van der Waals surface area contributed by atoms with Gasteiger partial charge in [-0.25, -0.2) is 0 Å². The molecule has 0 radical (unpaired) electrons. The smallest absolute Gasteiger partial charge is 0.135 e. The van der Waals surface area contributed by atoms with E-state index in [1.807, 2.05) is 18.2 Å². The number of hydrogen-bond donors (Lipinski definition) is 0. The highest BCUT2D eigenvalue weighted by molar-refractivity contribution is 6.08. The minimum Gasteiger partial charge on any atom is -0.456 e. The second-order valence-corrected chi connectivity index (χ2v) is 11.8. The highest BCUT2D eigenvalue weighted by atomic mass is 16.3. The van der Waals surface area contributed by atoms with Gasteiger partial charge in [0.05, 0.1) is 0 Å². The topological polar surface area (TPSA) is 16.4 Å². The van der Waals surface area contributed by atoms with E-state index < -0.39 is 0 Å². The van der Waals surface area contributed by atoms with Crippen molar-refractivity contribution in [2.75, 3.05) is 4.90 Å². The molecule has 1 aromatic heterocycles. The highest BCUT2D eigenvalue weighted by Crippen LogP contribution is 2.39. The van der Waals surface area contributed by atoms with Gasteiger partial charge in [-0.3, -0.25) is 0 Å². The van der Waals surface area contributed by atoms with E-state index >= 15 is 0 Å². The van der Waals surface area contributed by atoms with Gasteiger partial charge >= 0.3 is 0 Å². The van der Waals surface area contributed by atoms with Crippen molar-refractivity contribution in [3.05, 3.63) is 176 Å². The van der Waals surface area contributed by atoms with Gasteiger partial charge in [-0.2, -0.15) is 0 Å². The molecule has 0 aliphatic carbocycles. The Morgan fingerprint density at radius 2 is 0.935 bits per heavy atom. The summed E-state index contributed by atoms with van der Waals surface area (Å²) in [6, 6.07) is 62.9. The van der Waals surface area contributed by atoms with Crippen LogP contribution in [0.15, 0.2) is 180 Å². The molecule has 216 valence electrons. The fraction of sp³-hybridized carbons (Fsp3) is 0. The average Bonchev–Trinajstić information content (AvgIpc) is 3.57. The van der Waals surface area contributed by atoms with Gasteiger partial charge in [-0.1, -0.05) is 121 Å². The lowest BCUT2D eigenvalue weighted by atomic mass is 10.00. The van der Waals surface area contributed by atoms with Gasteiger partial charge in [0.2, 0.25) is 0 Å². The Kier molecular flexibility index (Phi) is 6.17. The van der Waals surface area contributed by atoms with Crippen LogP contribution in [-0.2, 0) is 0 Å². The quantitative estimate of drug-likeness (QED) is 0.186. The fourth-order valence-electron chi connectivity index (χ4n) is 6.68. The molecule has 9 aromatic rings. The number of fused-ring (bicyclic) bond motifs is 5. The van der Waals surface area contributed by atoms with Crippen molar-refractivity contribution in [3.63, 3.8) is 0 Å². The maximum atomic E-state index is 6.17. The molecule has 0 saturated carbocycles. The number of rotatable bonds is 5. The van der Waals surface area contributed by atoms with Crippen molar-refractivity contribution >= 4 is 60.3 Å². The largest absolute Gasteiger partial charge is 0.456 e. The molecule has 0 spiro atoms. The van der Waals surface area contributed by atoms with Gasteiger partial charge in [0, 0.05) is 28.0 Å². The zero-order valence-electron chi connectivity index (χ0n) is 25.1. The van der Waals surface area contributed by atoms with E-state index in [0.29, 0.717) is 0 Å². The lowest BCUT2D eigenvalue weighted by Gasteiger charge is -2.26. The summed E-state index contributed by atoms with van der Waals surface area (Å²) in [5, 5.41) is 8.59. The lowest BCUT2D eigenvalue weighted by molar-refractivity contribution is 0.631. The van der Waals surface area contributed by atoms with E-state index in [2.05, 4.69) is 163 Å². The summed E-state index contributed by atoms with van der Waals surface area (Å²) in [6.45, 7) is 0. The molecule has 0 amide bonds. The maximum absolute atomic E-state index is 6.17. The Hall–Kier alpha value is -6.12. The summed E-state index contributed by atoms with van der Waals surface area (Å²) in [5.74, 6) is 0.881. The Morgan fingerprint density at radius 1 is 0.326 bits per heavy atom. The summed E-state index contributed by atoms with van der Waals surface area (Å²) in [7, 11) is 0. The van der Waals surface area contributed by atoms with E-state index in [4.69, 9.17) is 4.42 Å². The third-order valence-electron chi connectivity index (χ3n) is 9.01. The number of nitrogens with zero attached hydrogens (tertiary/aromatic N) is 1. The van der Waals surface area contributed by atoms with E-state index in [1.165, 1.54) is 32.3 Å². The molecule has 0 bridgehead atoms. The minimum atomic E-state index is 0.881. The molecule has 9 rings (SSSR count). The third kappa shape index (κ3) is 4.60. The average molecular weight is 588 g/mol. The summed E-state index contributed by atoms with van der Waals surface area (Å²) in [4.78, 5) is 2.36. The first kappa shape index (κ1) is 26.3. The van der Waals surface area contributed by atoms with Crippen LogP contribution < -0.4 is 4.90 Å². The number of anilines is 3. The molecule has 2 heteroatoms. The van der Waals surface area contributed by atoms with E-state index in [9.17, 15) is 0 Å². The monoisotopic (exact) mass is 587 g/mol. The first-order valence-electron chi connectivity index (χ1n) is 15.7. The molecule has 0 atom stereocenters. The third-order valence-corrected chi connectivity index (χ3v) is 9.01. The number of benzene rings is 8. The first-order valence-corrected chi connectivity index (χ1v) is 15.7. The van der Waals surface area contributed by atoms with Crippen LogP contribution in [0.2, 0.25) is 0 Å². The molecule has 0 aliphatic rings. The zero-order valence-corrected chi connectivity index (χ0v) is 25.1. The van der Waals surface area contributed by atoms with Crippen molar-refractivity contribution < 1.29 is 4.42 Å². The number of para-hydroxylation sites is 1. The van der Waals surface area contributed by atoms with Gasteiger partial charge in [0.1, 0.15) is 11.3 Å². The predicted octanol–water partition coefficient (Wildman–Crippen LogP) is 12.7. The van der Waals surface area contributed by atoms with E-state index in [1.54, 1.807) is 0 Å². The second-order valence-electron chi connectivity index (χ2n) is 11.8. The standard InChI is InChI=1S/C44H29NO/c1-2-10-34-27-39(23-20-30(34)8-1)45(40-24-25-42-35(28-40)17-16-32-9-3-5-14-41(32)42)38-21-18-31(19-22-38)33-12-7-13-36(26-33)44-29-37-11-4-6-15-43(37)46-44/h1-29H. The van der Waals surface area contributed by atoms with Crippen LogP contribution in [0.5, 0.6) is 0 Å². The SMILES string of the molecule is c1cc(-c2ccc(N(c3ccc4ccccc4c3)c3ccc4c(ccc5ccccc54)c3)cc2)cc(-c2cc3ccccc3o2)c1. The molecule has 8 aromatic carbocycles. The van der Waals surface area contributed by atoms with Crippen LogP contribution in [0.25, 0.3) is 65.7 Å². The molecule has 0 N–H and O–H groups in total. The Balaban J connectivity index is 1.13. The van der Waals surface area contributed by atoms with Crippen LogP contribution in [0.3, 0.4) is 0 Å². The van der Waals surface area contributed by atoms with Crippen molar-refractivity contribution in [2.45, 2.75) is 0 Å². The van der Waals surface area contributed by atoms with Crippen molar-refractivity contribution in [1.82, 2.24) is 0 Å². The molecular formula is C44H29NO. The van der Waals surface area contributed by atoms with Gasteiger partial charge in [-0.15, -0.1) is 0 Å². The molecule has 46 heavy (non-hydrogen) atoms. The van der Waals surface area contributed by atoms with Crippen molar-refractivity contribution in [1.29, 1.82) is 0 Å². The predicted molar refractivity (Wildman–Crippen MR) is 194 cm³/mol. The molecule has 2 nitrogen and oxygen atoms in total. The zero-order chi connectivity index (χ0) is 30.5. The summed E-state index contributed by atoms with van der Waals surface area (Å²) < 4.78 is 6.17. The molecule has 0 saturated heterocycles. The van der Waals surface area contributed by atoms with Crippen molar-refractivity contribution in [3.8, 4) is 22.5 Å². The second kappa shape index (κ2) is 10.8. The van der Waals surface area contributed by atoms with Crippen LogP contribution in [-0.4, -0.2) is 0 Å². The maximum Gasteiger partial charge on any atom is 0.135 e. The van der Waals surface area contributed by atoms with Gasteiger partial charge in [-0.05, 0) is 98.0 Å². The molecule has 0 fully saturated rings. The minimum absolute atomic E-state index is 0.881. The Labute approximate surface area is 267 Å². The Bertz CT molecular complexity index is 2510. The van der Waals surface area contributed by atoms with Gasteiger partial charge < -0.3 is 9.32 Å². The fourth-order valence-corrected chi connectivity index (χ4v) is 6.68. The summed E-state index contributed by atoms with van der Waals surface area (Å²) in [5.41, 5.74) is 7.63. The van der Waals surface area contributed by atoms with Crippen LogP contribution in [0.1, 0.15) is 0 Å². The van der Waals surface area contributed by atoms with Gasteiger partial charge in [0.15, 0.2) is 0 Å². The van der Waals surface area contributed by atoms with Crippen molar-refractivity contribution in [2.24, 2.45) is 0 Å². The van der Waals surface area contributed by atoms with Crippen LogP contribution in [0, 0.1) is 0 Å². The molecule has 1 heterocycles. The van der Waals surface area contributed by atoms with Crippen LogP contribution >= 0.6 is 0 Å². The van der Waals surface area contributed by atoms with E-state index in [-0.39, 0.29) is 0 Å². The summed E-state index contributed by atoms with van der Waals surface area (Å²) >= 11 is 0. The summed E-state index contributed by atoms with van der Waals surface area (Å²) in [6.07, 6.45) is 0. The van der Waals surface area contributed by atoms with Gasteiger partial charge in [0.25, 0.3) is 0 Å². The molecule has 0 unspecified atom stereocenters. The normalized spacial score (nSPS) is 11.5. The molecular weight excluding hydrogens is 558 g/mol.